The molecule has 2 aliphatic rings. The molecule has 1 saturated heterocycles. The lowest BCUT2D eigenvalue weighted by Gasteiger charge is -2.44. The molecule has 1 amide bonds. The van der Waals surface area contributed by atoms with Crippen LogP contribution in [0.2, 0.25) is 0 Å². The van der Waals surface area contributed by atoms with E-state index in [-0.39, 0.29) is 18.3 Å². The van der Waals surface area contributed by atoms with E-state index in [0.29, 0.717) is 17.7 Å². The van der Waals surface area contributed by atoms with Crippen LogP contribution in [0.5, 0.6) is 0 Å². The van der Waals surface area contributed by atoms with Crippen LogP contribution in [0.3, 0.4) is 0 Å². The summed E-state index contributed by atoms with van der Waals surface area (Å²) in [5.74, 6) is 0.0755. The van der Waals surface area contributed by atoms with Crippen molar-refractivity contribution in [2.75, 3.05) is 13.2 Å². The van der Waals surface area contributed by atoms with Gasteiger partial charge < -0.3 is 9.64 Å². The van der Waals surface area contributed by atoms with E-state index in [1.807, 2.05) is 24.8 Å². The molecule has 0 aromatic carbocycles. The quantitative estimate of drug-likeness (QED) is 0.768. The maximum absolute atomic E-state index is 12.6. The summed E-state index contributed by atoms with van der Waals surface area (Å²) >= 11 is 0. The SMILES string of the molecule is Cc1cc(C)n2nc(C(=O)OCC(=O)N3CCC[C@@H]4CCCC[C@@H]43)nc2n1. The Morgan fingerprint density at radius 1 is 1.15 bits per heavy atom. The second kappa shape index (κ2) is 7.25. The zero-order valence-electron chi connectivity index (χ0n) is 15.8. The van der Waals surface area contributed by atoms with Gasteiger partial charge in [-0.3, -0.25) is 4.79 Å². The standard InChI is InChI=1S/C19H25N5O3/c1-12-10-13(2)24-19(20-12)21-17(22-24)18(26)27-11-16(25)23-9-5-7-14-6-3-4-8-15(14)23/h10,14-15H,3-9,11H2,1-2H3/t14-,15-/m0/s1. The van der Waals surface area contributed by atoms with Gasteiger partial charge in [0.15, 0.2) is 6.61 Å². The minimum atomic E-state index is -0.692. The Labute approximate surface area is 157 Å². The van der Waals surface area contributed by atoms with Gasteiger partial charge in [0.25, 0.3) is 17.5 Å². The summed E-state index contributed by atoms with van der Waals surface area (Å²) in [4.78, 5) is 35.3. The van der Waals surface area contributed by atoms with Gasteiger partial charge in [0.1, 0.15) is 0 Å². The molecular weight excluding hydrogens is 346 g/mol. The molecule has 2 fully saturated rings. The topological polar surface area (TPSA) is 89.7 Å². The fourth-order valence-electron chi connectivity index (χ4n) is 4.46. The molecule has 0 radical (unpaired) electrons. The molecule has 4 rings (SSSR count). The van der Waals surface area contributed by atoms with E-state index in [9.17, 15) is 9.59 Å². The highest BCUT2D eigenvalue weighted by Gasteiger charge is 2.36. The summed E-state index contributed by atoms with van der Waals surface area (Å²) < 4.78 is 6.73. The summed E-state index contributed by atoms with van der Waals surface area (Å²) in [5.41, 5.74) is 1.63. The van der Waals surface area contributed by atoms with Crippen molar-refractivity contribution in [3.63, 3.8) is 0 Å². The number of piperidine rings is 1. The number of amides is 1. The molecule has 0 N–H and O–H groups in total. The first-order valence-electron chi connectivity index (χ1n) is 9.70. The number of aromatic nitrogens is 4. The third-order valence-electron chi connectivity index (χ3n) is 5.69. The Bertz CT molecular complexity index is 876. The second-order valence-corrected chi connectivity index (χ2v) is 7.60. The van der Waals surface area contributed by atoms with Gasteiger partial charge in [0, 0.05) is 24.0 Å². The highest BCUT2D eigenvalue weighted by molar-refractivity contribution is 5.88. The molecule has 2 atom stereocenters. The molecule has 8 nitrogen and oxygen atoms in total. The van der Waals surface area contributed by atoms with Crippen LogP contribution in [0.25, 0.3) is 5.78 Å². The lowest BCUT2D eigenvalue weighted by atomic mass is 9.78. The van der Waals surface area contributed by atoms with E-state index in [2.05, 4.69) is 15.1 Å². The highest BCUT2D eigenvalue weighted by atomic mass is 16.5. The molecule has 1 saturated carbocycles. The monoisotopic (exact) mass is 371 g/mol. The molecule has 8 heteroatoms. The van der Waals surface area contributed by atoms with Gasteiger partial charge >= 0.3 is 5.97 Å². The van der Waals surface area contributed by atoms with E-state index in [1.165, 1.54) is 30.2 Å². The first-order valence-corrected chi connectivity index (χ1v) is 9.70. The summed E-state index contributed by atoms with van der Waals surface area (Å²) in [5, 5.41) is 4.15. The van der Waals surface area contributed by atoms with Crippen LogP contribution < -0.4 is 0 Å². The second-order valence-electron chi connectivity index (χ2n) is 7.60. The third kappa shape index (κ3) is 3.52. The average molecular weight is 371 g/mol. The predicted molar refractivity (Wildman–Crippen MR) is 97.2 cm³/mol. The Hall–Kier alpha value is -2.51. The molecule has 0 bridgehead atoms. The van der Waals surface area contributed by atoms with Gasteiger partial charge in [0.2, 0.25) is 0 Å². The van der Waals surface area contributed by atoms with Crippen LogP contribution in [0, 0.1) is 19.8 Å². The minimum Gasteiger partial charge on any atom is -0.450 e. The van der Waals surface area contributed by atoms with E-state index in [4.69, 9.17) is 4.74 Å². The Morgan fingerprint density at radius 3 is 2.78 bits per heavy atom. The largest absolute Gasteiger partial charge is 0.450 e. The number of rotatable bonds is 3. The van der Waals surface area contributed by atoms with Gasteiger partial charge in [-0.1, -0.05) is 12.8 Å². The maximum atomic E-state index is 12.6. The zero-order chi connectivity index (χ0) is 19.0. The van der Waals surface area contributed by atoms with E-state index < -0.39 is 5.97 Å². The number of carbonyl (C=O) groups excluding carboxylic acids is 2. The van der Waals surface area contributed by atoms with E-state index in [0.717, 1.165) is 30.8 Å². The molecule has 0 unspecified atom stereocenters. The first-order chi connectivity index (χ1) is 13.0. The van der Waals surface area contributed by atoms with Crippen molar-refractivity contribution < 1.29 is 14.3 Å². The van der Waals surface area contributed by atoms with E-state index in [1.54, 1.807) is 0 Å². The van der Waals surface area contributed by atoms with Gasteiger partial charge in [-0.2, -0.15) is 4.98 Å². The number of hydrogen-bond donors (Lipinski definition) is 0. The first kappa shape index (κ1) is 17.9. The lowest BCUT2D eigenvalue weighted by molar-refractivity contribution is -0.140. The van der Waals surface area contributed by atoms with Crippen molar-refractivity contribution in [3.05, 3.63) is 23.3 Å². The Balaban J connectivity index is 1.41. The van der Waals surface area contributed by atoms with E-state index >= 15 is 0 Å². The number of hydrogen-bond acceptors (Lipinski definition) is 6. The highest BCUT2D eigenvalue weighted by Crippen LogP contribution is 2.35. The molecule has 1 aliphatic carbocycles. The maximum Gasteiger partial charge on any atom is 0.378 e. The molecule has 27 heavy (non-hydrogen) atoms. The lowest BCUT2D eigenvalue weighted by Crippen LogP contribution is -2.50. The number of carbonyl (C=O) groups is 2. The van der Waals surface area contributed by atoms with Crippen molar-refractivity contribution in [1.82, 2.24) is 24.5 Å². The molecule has 144 valence electrons. The Kier molecular flexibility index (Phi) is 4.80. The molecule has 3 heterocycles. The zero-order valence-corrected chi connectivity index (χ0v) is 15.8. The molecule has 1 aliphatic heterocycles. The van der Waals surface area contributed by atoms with Gasteiger partial charge in [0.05, 0.1) is 0 Å². The fourth-order valence-corrected chi connectivity index (χ4v) is 4.46. The number of aryl methyl sites for hydroxylation is 2. The fraction of sp³-hybridized carbons (Fsp3) is 0.632. The molecule has 2 aromatic rings. The van der Waals surface area contributed by atoms with Crippen molar-refractivity contribution in [2.45, 2.75) is 58.4 Å². The number of ether oxygens (including phenoxy) is 1. The van der Waals surface area contributed by atoms with Crippen LogP contribution in [0.15, 0.2) is 6.07 Å². The smallest absolute Gasteiger partial charge is 0.378 e. The van der Waals surface area contributed by atoms with Crippen LogP contribution in [0.1, 0.15) is 60.5 Å². The van der Waals surface area contributed by atoms with Gasteiger partial charge in [-0.05, 0) is 51.5 Å². The van der Waals surface area contributed by atoms with Crippen molar-refractivity contribution in [1.29, 1.82) is 0 Å². The normalized spacial score (nSPS) is 22.5. The van der Waals surface area contributed by atoms with Crippen LogP contribution >= 0.6 is 0 Å². The number of fused-ring (bicyclic) bond motifs is 2. The average Bonchev–Trinajstić information content (AvgIpc) is 3.10. The molecule has 2 aromatic heterocycles. The molecular formula is C19H25N5O3. The van der Waals surface area contributed by atoms with Crippen molar-refractivity contribution in [2.24, 2.45) is 5.92 Å². The van der Waals surface area contributed by atoms with Crippen molar-refractivity contribution in [3.8, 4) is 0 Å². The van der Waals surface area contributed by atoms with Crippen molar-refractivity contribution >= 4 is 17.7 Å². The summed E-state index contributed by atoms with van der Waals surface area (Å²) in [7, 11) is 0. The number of likely N-dealkylation sites (tertiary alicyclic amines) is 1. The molecule has 0 spiro atoms. The Morgan fingerprint density at radius 2 is 1.93 bits per heavy atom. The van der Waals surface area contributed by atoms with Gasteiger partial charge in [-0.25, -0.2) is 14.3 Å². The number of nitrogens with zero attached hydrogens (tertiary/aromatic N) is 5. The van der Waals surface area contributed by atoms with Crippen LogP contribution in [0.4, 0.5) is 0 Å². The predicted octanol–water partition coefficient (Wildman–Crippen LogP) is 2.08. The van der Waals surface area contributed by atoms with Gasteiger partial charge in [-0.15, -0.1) is 5.10 Å². The third-order valence-corrected chi connectivity index (χ3v) is 5.69. The summed E-state index contributed by atoms with van der Waals surface area (Å²) in [6.07, 6.45) is 6.91. The van der Waals surface area contributed by atoms with Crippen LogP contribution in [-0.4, -0.2) is 55.6 Å². The summed E-state index contributed by atoms with van der Waals surface area (Å²) in [6, 6.07) is 2.17. The van der Waals surface area contributed by atoms with Crippen LogP contribution in [-0.2, 0) is 9.53 Å². The summed E-state index contributed by atoms with van der Waals surface area (Å²) in [6.45, 7) is 4.22. The number of esters is 1. The minimum absolute atomic E-state index is 0.0711.